The fraction of sp³-hybridized carbons (Fsp3) is 0.167. The molecule has 6 heteroatoms. The third-order valence-corrected chi connectivity index (χ3v) is 4.84. The third kappa shape index (κ3) is 3.66. The van der Waals surface area contributed by atoms with Gasteiger partial charge in [0.15, 0.2) is 0 Å². The summed E-state index contributed by atoms with van der Waals surface area (Å²) in [4.78, 5) is 0. The summed E-state index contributed by atoms with van der Waals surface area (Å²) in [5, 5.41) is 0. The van der Waals surface area contributed by atoms with E-state index in [1.54, 1.807) is 66.7 Å². The topological polar surface area (TPSA) is 27.7 Å². The fourth-order valence-corrected chi connectivity index (χ4v) is 3.39. The van der Waals surface area contributed by atoms with E-state index in [2.05, 4.69) is 0 Å². The minimum absolute atomic E-state index is 0.0764. The zero-order valence-corrected chi connectivity index (χ0v) is 16.1. The molecule has 1 aliphatic heterocycles. The molecule has 0 radical (unpaired) electrons. The van der Waals surface area contributed by atoms with Gasteiger partial charge in [0, 0.05) is 5.56 Å². The smallest absolute Gasteiger partial charge is 0.460 e. The molecular weight excluding hydrogens is 393 g/mol. The van der Waals surface area contributed by atoms with E-state index in [9.17, 15) is 13.2 Å². The Morgan fingerprint density at radius 1 is 0.900 bits per heavy atom. The van der Waals surface area contributed by atoms with Crippen LogP contribution in [0.25, 0.3) is 6.08 Å². The van der Waals surface area contributed by atoms with Crippen LogP contribution in [0.5, 0.6) is 5.75 Å². The molecule has 3 aromatic rings. The molecule has 0 N–H and O–H groups in total. The molecule has 4 rings (SSSR count). The van der Waals surface area contributed by atoms with Crippen molar-refractivity contribution in [2.45, 2.75) is 18.1 Å². The lowest BCUT2D eigenvalue weighted by molar-refractivity contribution is -0.354. The zero-order valence-electron chi connectivity index (χ0n) is 16.1. The zero-order chi connectivity index (χ0) is 21.2. The van der Waals surface area contributed by atoms with Gasteiger partial charge in [-0.05, 0) is 29.3 Å². The Morgan fingerprint density at radius 3 is 2.20 bits per heavy atom. The predicted molar refractivity (Wildman–Crippen MR) is 106 cm³/mol. The van der Waals surface area contributed by atoms with Crippen LogP contribution >= 0.6 is 0 Å². The lowest BCUT2D eigenvalue weighted by atomic mass is 10.0. The number of alkyl halides is 3. The Bertz CT molecular complexity index is 1030. The predicted octanol–water partition coefficient (Wildman–Crippen LogP) is 6.24. The van der Waals surface area contributed by atoms with Crippen molar-refractivity contribution in [2.75, 3.05) is 7.11 Å². The van der Waals surface area contributed by atoms with E-state index in [-0.39, 0.29) is 17.1 Å². The Kier molecular flexibility index (Phi) is 5.26. The number of benzene rings is 3. The van der Waals surface area contributed by atoms with Crippen molar-refractivity contribution in [1.29, 1.82) is 0 Å². The summed E-state index contributed by atoms with van der Waals surface area (Å²) in [5.74, 6) is -2.60. The molecular formula is C24H19F3O3. The van der Waals surface area contributed by atoms with Gasteiger partial charge in [-0.25, -0.2) is 0 Å². The second-order valence-corrected chi connectivity index (χ2v) is 6.81. The van der Waals surface area contributed by atoms with Crippen LogP contribution in [0.2, 0.25) is 0 Å². The van der Waals surface area contributed by atoms with Crippen molar-refractivity contribution in [3.05, 3.63) is 107 Å². The van der Waals surface area contributed by atoms with Gasteiger partial charge >= 0.3 is 12.0 Å². The first-order valence-corrected chi connectivity index (χ1v) is 9.32. The van der Waals surface area contributed by atoms with Crippen LogP contribution in [0.4, 0.5) is 13.2 Å². The maximum atomic E-state index is 14.4. The highest BCUT2D eigenvalue weighted by atomic mass is 19.4. The van der Waals surface area contributed by atoms with E-state index >= 15 is 0 Å². The summed E-state index contributed by atoms with van der Waals surface area (Å²) in [6, 6.07) is 23.4. The van der Waals surface area contributed by atoms with Crippen molar-refractivity contribution in [3.63, 3.8) is 0 Å². The molecule has 1 fully saturated rings. The Balaban J connectivity index is 1.87. The molecule has 0 saturated carbocycles. The molecule has 1 heterocycles. The van der Waals surface area contributed by atoms with E-state index in [1.165, 1.54) is 25.3 Å². The molecule has 2 unspecified atom stereocenters. The fourth-order valence-electron chi connectivity index (χ4n) is 3.39. The van der Waals surface area contributed by atoms with E-state index in [4.69, 9.17) is 14.2 Å². The van der Waals surface area contributed by atoms with E-state index in [1.807, 2.05) is 6.07 Å². The lowest BCUT2D eigenvalue weighted by Crippen LogP contribution is -2.43. The molecule has 0 amide bonds. The molecule has 3 nitrogen and oxygen atoms in total. The van der Waals surface area contributed by atoms with Gasteiger partial charge in [-0.3, -0.25) is 0 Å². The largest absolute Gasteiger partial charge is 0.497 e. The number of halogens is 3. The van der Waals surface area contributed by atoms with Gasteiger partial charge in [-0.15, -0.1) is 0 Å². The summed E-state index contributed by atoms with van der Waals surface area (Å²) >= 11 is 0. The highest BCUT2D eigenvalue weighted by Gasteiger charge is 2.66. The first-order chi connectivity index (χ1) is 14.4. The standard InChI is InChI=1S/C24H19F3O3/c1-28-20-14-8-13-19(16-20)23(24(25,26)27)29-21(15-17-9-4-2-5-10-17)22(30-23)18-11-6-3-7-12-18/h2-16,22H,1H3/b21-15-. The summed E-state index contributed by atoms with van der Waals surface area (Å²) < 4.78 is 59.7. The molecule has 3 aromatic carbocycles. The van der Waals surface area contributed by atoms with Gasteiger partial charge in [0.2, 0.25) is 0 Å². The Labute approximate surface area is 172 Å². The van der Waals surface area contributed by atoms with Gasteiger partial charge in [0.25, 0.3) is 0 Å². The molecule has 0 aliphatic carbocycles. The van der Waals surface area contributed by atoms with Gasteiger partial charge in [-0.1, -0.05) is 72.8 Å². The van der Waals surface area contributed by atoms with Crippen molar-refractivity contribution >= 4 is 6.08 Å². The van der Waals surface area contributed by atoms with Crippen LogP contribution in [0.1, 0.15) is 22.8 Å². The molecule has 154 valence electrons. The van der Waals surface area contributed by atoms with Crippen LogP contribution in [-0.2, 0) is 15.3 Å². The highest BCUT2D eigenvalue weighted by molar-refractivity contribution is 5.54. The van der Waals surface area contributed by atoms with Crippen molar-refractivity contribution in [1.82, 2.24) is 0 Å². The molecule has 0 spiro atoms. The summed E-state index contributed by atoms with van der Waals surface area (Å²) in [5.41, 5.74) is 1.08. The number of hydrogen-bond acceptors (Lipinski definition) is 3. The second kappa shape index (κ2) is 7.88. The highest BCUT2D eigenvalue weighted by Crippen LogP contribution is 2.55. The number of methoxy groups -OCH3 is 1. The molecule has 0 bridgehead atoms. The average Bonchev–Trinajstić information content (AvgIpc) is 3.16. The van der Waals surface area contributed by atoms with Gasteiger partial charge in [0.05, 0.1) is 7.11 Å². The van der Waals surface area contributed by atoms with Gasteiger partial charge in [-0.2, -0.15) is 13.2 Å². The van der Waals surface area contributed by atoms with Crippen LogP contribution in [0, 0.1) is 0 Å². The van der Waals surface area contributed by atoms with Crippen LogP contribution in [0.3, 0.4) is 0 Å². The molecule has 1 aliphatic rings. The number of hydrogen-bond donors (Lipinski definition) is 0. The maximum absolute atomic E-state index is 14.4. The number of ether oxygens (including phenoxy) is 3. The molecule has 2 atom stereocenters. The van der Waals surface area contributed by atoms with E-state index in [0.717, 1.165) is 0 Å². The van der Waals surface area contributed by atoms with E-state index < -0.39 is 18.1 Å². The lowest BCUT2D eigenvalue weighted by Gasteiger charge is -2.30. The van der Waals surface area contributed by atoms with Gasteiger partial charge < -0.3 is 14.2 Å². The summed E-state index contributed by atoms with van der Waals surface area (Å²) in [6.07, 6.45) is -4.29. The normalized spacial score (nSPS) is 22.7. The SMILES string of the molecule is COc1cccc(C2(C(F)(F)F)O/C(=C\c3ccccc3)C(c3ccccc3)O2)c1. The number of rotatable bonds is 4. The first-order valence-electron chi connectivity index (χ1n) is 9.32. The minimum atomic E-state index is -4.83. The van der Waals surface area contributed by atoms with Crippen LogP contribution in [-0.4, -0.2) is 13.3 Å². The minimum Gasteiger partial charge on any atom is -0.497 e. The van der Waals surface area contributed by atoms with Crippen LogP contribution in [0.15, 0.2) is 90.7 Å². The quantitative estimate of drug-likeness (QED) is 0.508. The summed E-state index contributed by atoms with van der Waals surface area (Å²) in [6.45, 7) is 0. The molecule has 0 aromatic heterocycles. The van der Waals surface area contributed by atoms with Crippen LogP contribution < -0.4 is 4.74 Å². The Morgan fingerprint density at radius 2 is 1.57 bits per heavy atom. The Hall–Kier alpha value is -3.25. The van der Waals surface area contributed by atoms with Gasteiger partial charge in [0.1, 0.15) is 17.6 Å². The first kappa shape index (κ1) is 20.0. The van der Waals surface area contributed by atoms with Crippen molar-refractivity contribution < 1.29 is 27.4 Å². The second-order valence-electron chi connectivity index (χ2n) is 6.81. The average molecular weight is 412 g/mol. The van der Waals surface area contributed by atoms with Crippen molar-refractivity contribution in [3.8, 4) is 5.75 Å². The molecule has 1 saturated heterocycles. The monoisotopic (exact) mass is 412 g/mol. The molecule has 30 heavy (non-hydrogen) atoms. The maximum Gasteiger partial charge on any atom is 0.460 e. The van der Waals surface area contributed by atoms with Crippen molar-refractivity contribution in [2.24, 2.45) is 0 Å². The van der Waals surface area contributed by atoms with E-state index in [0.29, 0.717) is 11.1 Å². The third-order valence-electron chi connectivity index (χ3n) is 4.84. The summed E-state index contributed by atoms with van der Waals surface area (Å²) in [7, 11) is 1.39.